The third-order valence-corrected chi connectivity index (χ3v) is 4.32. The molecule has 25 heavy (non-hydrogen) atoms. The highest BCUT2D eigenvalue weighted by atomic mass is 16.6. The van der Waals surface area contributed by atoms with Gasteiger partial charge in [0.1, 0.15) is 24.1 Å². The summed E-state index contributed by atoms with van der Waals surface area (Å²) < 4.78 is 10.8. The number of rotatable bonds is 3. The summed E-state index contributed by atoms with van der Waals surface area (Å²) in [5.74, 6) is -1.07. The predicted molar refractivity (Wildman–Crippen MR) is 92.7 cm³/mol. The lowest BCUT2D eigenvalue weighted by molar-refractivity contribution is -0.156. The van der Waals surface area contributed by atoms with Crippen molar-refractivity contribution in [3.8, 4) is 0 Å². The van der Waals surface area contributed by atoms with E-state index in [0.29, 0.717) is 31.1 Å². The van der Waals surface area contributed by atoms with Gasteiger partial charge in [0.2, 0.25) is 0 Å². The van der Waals surface area contributed by atoms with Gasteiger partial charge in [0.15, 0.2) is 0 Å². The van der Waals surface area contributed by atoms with Gasteiger partial charge in [0, 0.05) is 19.3 Å². The summed E-state index contributed by atoms with van der Waals surface area (Å²) in [6.07, 6.45) is 5.79. The minimum Gasteiger partial charge on any atom is -0.457 e. The lowest BCUT2D eigenvalue weighted by Crippen LogP contribution is -2.41. The second-order valence-electron chi connectivity index (χ2n) is 6.80. The molecule has 1 heterocycles. The molecule has 0 saturated heterocycles. The molecule has 0 amide bonds. The Bertz CT molecular complexity index is 546. The van der Waals surface area contributed by atoms with Crippen molar-refractivity contribution >= 4 is 18.2 Å². The van der Waals surface area contributed by atoms with Gasteiger partial charge in [-0.25, -0.2) is 0 Å². The fourth-order valence-electron chi connectivity index (χ4n) is 2.84. The highest BCUT2D eigenvalue weighted by Gasteiger charge is 2.33. The second kappa shape index (κ2) is 9.51. The van der Waals surface area contributed by atoms with Crippen LogP contribution in [0.5, 0.6) is 0 Å². The lowest BCUT2D eigenvalue weighted by atomic mass is 9.89. The van der Waals surface area contributed by atoms with E-state index in [-0.39, 0.29) is 18.3 Å². The molecule has 1 aliphatic heterocycles. The molecule has 0 aromatic heterocycles. The molecule has 0 aromatic rings. The van der Waals surface area contributed by atoms with Gasteiger partial charge in [-0.3, -0.25) is 14.4 Å². The zero-order valence-corrected chi connectivity index (χ0v) is 15.4. The molecule has 0 spiro atoms. The van der Waals surface area contributed by atoms with Crippen molar-refractivity contribution in [2.75, 3.05) is 0 Å². The minimum atomic E-state index is -1.23. The van der Waals surface area contributed by atoms with E-state index in [4.69, 9.17) is 9.47 Å². The zero-order valence-electron chi connectivity index (χ0n) is 15.4. The number of esters is 2. The van der Waals surface area contributed by atoms with Crippen molar-refractivity contribution in [2.45, 2.75) is 71.2 Å². The number of hydrogen-bond acceptors (Lipinski definition) is 6. The van der Waals surface area contributed by atoms with Crippen molar-refractivity contribution in [1.29, 1.82) is 0 Å². The molecule has 4 unspecified atom stereocenters. The van der Waals surface area contributed by atoms with Crippen LogP contribution in [0.15, 0.2) is 23.8 Å². The van der Waals surface area contributed by atoms with Gasteiger partial charge in [-0.15, -0.1) is 0 Å². The first-order valence-electron chi connectivity index (χ1n) is 8.56. The Morgan fingerprint density at radius 3 is 2.64 bits per heavy atom. The van der Waals surface area contributed by atoms with Crippen molar-refractivity contribution in [3.05, 3.63) is 23.8 Å². The summed E-state index contributed by atoms with van der Waals surface area (Å²) in [6, 6.07) is 0. The van der Waals surface area contributed by atoms with Crippen molar-refractivity contribution in [3.63, 3.8) is 0 Å². The Hall–Kier alpha value is -1.95. The van der Waals surface area contributed by atoms with E-state index in [1.165, 1.54) is 13.0 Å². The van der Waals surface area contributed by atoms with Crippen LogP contribution in [0, 0.1) is 5.92 Å². The SMILES string of the molecule is CC(=O)OC1C=CC(C)C(/C(C)=C/C=O)OC(=O)CCCCC1(C)O. The van der Waals surface area contributed by atoms with Crippen molar-refractivity contribution < 1.29 is 29.0 Å². The zero-order chi connectivity index (χ0) is 19.0. The standard InChI is InChI=1S/C19H28O6/c1-13-8-9-16(24-15(3)21)19(4,23)11-6-5-7-17(22)25-18(13)14(2)10-12-20/h8-10,12-13,16,18,23H,5-7,11H2,1-4H3/b9-8?,14-10+. The Morgan fingerprint density at radius 2 is 2.04 bits per heavy atom. The van der Waals surface area contributed by atoms with Gasteiger partial charge in [-0.1, -0.05) is 13.0 Å². The van der Waals surface area contributed by atoms with Gasteiger partial charge in [0.05, 0.1) is 0 Å². The molecule has 0 radical (unpaired) electrons. The molecule has 140 valence electrons. The highest BCUT2D eigenvalue weighted by Crippen LogP contribution is 2.26. The minimum absolute atomic E-state index is 0.232. The number of hydrogen-bond donors (Lipinski definition) is 1. The maximum Gasteiger partial charge on any atom is 0.306 e. The number of carbonyl (C=O) groups excluding carboxylic acids is 3. The summed E-state index contributed by atoms with van der Waals surface area (Å²) >= 11 is 0. The monoisotopic (exact) mass is 352 g/mol. The van der Waals surface area contributed by atoms with Crippen LogP contribution >= 0.6 is 0 Å². The molecular formula is C19H28O6. The number of carbonyl (C=O) groups is 3. The molecule has 0 aliphatic carbocycles. The molecule has 1 rings (SSSR count). The normalized spacial score (nSPS) is 32.1. The smallest absolute Gasteiger partial charge is 0.306 e. The van der Waals surface area contributed by atoms with E-state index in [9.17, 15) is 19.5 Å². The van der Waals surface area contributed by atoms with Gasteiger partial charge >= 0.3 is 11.9 Å². The number of cyclic esters (lactones) is 1. The first kappa shape index (κ1) is 21.1. The first-order chi connectivity index (χ1) is 11.7. The van der Waals surface area contributed by atoms with E-state index in [1.807, 2.05) is 6.92 Å². The van der Waals surface area contributed by atoms with Crippen LogP contribution in [0.4, 0.5) is 0 Å². The maximum atomic E-state index is 12.0. The third-order valence-electron chi connectivity index (χ3n) is 4.32. The van der Waals surface area contributed by atoms with E-state index < -0.39 is 23.8 Å². The van der Waals surface area contributed by atoms with Crippen LogP contribution in [0.2, 0.25) is 0 Å². The Kier molecular flexibility index (Phi) is 8.03. The largest absolute Gasteiger partial charge is 0.457 e. The number of aldehydes is 1. The van der Waals surface area contributed by atoms with Crippen molar-refractivity contribution in [1.82, 2.24) is 0 Å². The van der Waals surface area contributed by atoms with E-state index in [2.05, 4.69) is 0 Å². The average molecular weight is 352 g/mol. The van der Waals surface area contributed by atoms with Crippen molar-refractivity contribution in [2.24, 2.45) is 5.92 Å². The van der Waals surface area contributed by atoms with E-state index >= 15 is 0 Å². The number of allylic oxidation sites excluding steroid dienone is 1. The van der Waals surface area contributed by atoms with Crippen LogP contribution < -0.4 is 0 Å². The van der Waals surface area contributed by atoms with Gasteiger partial charge in [-0.2, -0.15) is 0 Å². The average Bonchev–Trinajstić information content (AvgIpc) is 2.51. The molecular weight excluding hydrogens is 324 g/mol. The molecule has 0 aromatic carbocycles. The fraction of sp³-hybridized carbons (Fsp3) is 0.632. The molecule has 6 nitrogen and oxygen atoms in total. The van der Waals surface area contributed by atoms with Crippen LogP contribution in [0.3, 0.4) is 0 Å². The Labute approximate surface area is 148 Å². The van der Waals surface area contributed by atoms with Crippen LogP contribution in [0.25, 0.3) is 0 Å². The molecule has 4 atom stereocenters. The fourth-order valence-corrected chi connectivity index (χ4v) is 2.84. The van der Waals surface area contributed by atoms with Crippen LogP contribution in [-0.2, 0) is 23.9 Å². The van der Waals surface area contributed by atoms with Gasteiger partial charge in [-0.05, 0) is 50.8 Å². The molecule has 0 bridgehead atoms. The molecule has 0 saturated carbocycles. The molecule has 6 heteroatoms. The number of ether oxygens (including phenoxy) is 2. The summed E-state index contributed by atoms with van der Waals surface area (Å²) in [7, 11) is 0. The molecule has 1 N–H and O–H groups in total. The summed E-state index contributed by atoms with van der Waals surface area (Å²) in [5, 5.41) is 10.7. The summed E-state index contributed by atoms with van der Waals surface area (Å²) in [5.41, 5.74) is -0.595. The van der Waals surface area contributed by atoms with E-state index in [1.54, 1.807) is 26.0 Å². The second-order valence-corrected chi connectivity index (χ2v) is 6.80. The van der Waals surface area contributed by atoms with Crippen LogP contribution in [0.1, 0.15) is 53.4 Å². The third kappa shape index (κ3) is 6.82. The summed E-state index contributed by atoms with van der Waals surface area (Å²) in [4.78, 5) is 34.2. The lowest BCUT2D eigenvalue weighted by Gasteiger charge is -2.31. The number of aliphatic hydroxyl groups is 1. The van der Waals surface area contributed by atoms with Crippen LogP contribution in [-0.4, -0.2) is 41.1 Å². The quantitative estimate of drug-likeness (QED) is 0.363. The van der Waals surface area contributed by atoms with E-state index in [0.717, 1.165) is 0 Å². The predicted octanol–water partition coefficient (Wildman–Crippen LogP) is 2.49. The molecule has 1 aliphatic rings. The summed E-state index contributed by atoms with van der Waals surface area (Å²) in [6.45, 7) is 6.48. The highest BCUT2D eigenvalue weighted by molar-refractivity contribution is 5.71. The van der Waals surface area contributed by atoms with Gasteiger partial charge in [0.25, 0.3) is 0 Å². The topological polar surface area (TPSA) is 89.9 Å². The van der Waals surface area contributed by atoms with Gasteiger partial charge < -0.3 is 14.6 Å². The first-order valence-corrected chi connectivity index (χ1v) is 8.56. The Balaban J connectivity index is 3.16. The molecule has 0 fully saturated rings. The maximum absolute atomic E-state index is 12.0. The Morgan fingerprint density at radius 1 is 1.36 bits per heavy atom.